The van der Waals surface area contributed by atoms with Gasteiger partial charge in [0.1, 0.15) is 5.82 Å². The summed E-state index contributed by atoms with van der Waals surface area (Å²) in [5.41, 5.74) is 1.20. The van der Waals surface area contributed by atoms with E-state index in [1.807, 2.05) is 0 Å². The molecular formula is C25H21F4N3O2. The lowest BCUT2D eigenvalue weighted by molar-refractivity contribution is -0.137. The number of benzene rings is 3. The van der Waals surface area contributed by atoms with Gasteiger partial charge in [-0.15, -0.1) is 0 Å². The first-order valence-electron chi connectivity index (χ1n) is 10.6. The summed E-state index contributed by atoms with van der Waals surface area (Å²) in [5, 5.41) is 2.64. The minimum atomic E-state index is -4.47. The van der Waals surface area contributed by atoms with Gasteiger partial charge in [0.2, 0.25) is 0 Å². The number of nitrogens with zero attached hydrogens (tertiary/aromatic N) is 2. The van der Waals surface area contributed by atoms with Crippen LogP contribution in [0.3, 0.4) is 0 Å². The molecule has 0 aromatic heterocycles. The summed E-state index contributed by atoms with van der Waals surface area (Å²) in [4.78, 5) is 28.7. The predicted octanol–water partition coefficient (Wildman–Crippen LogP) is 5.93. The van der Waals surface area contributed by atoms with E-state index in [-0.39, 0.29) is 17.4 Å². The number of urea groups is 1. The van der Waals surface area contributed by atoms with Gasteiger partial charge in [0.15, 0.2) is 0 Å². The fraction of sp³-hybridized carbons (Fsp3) is 0.200. The molecule has 5 nitrogen and oxygen atoms in total. The van der Waals surface area contributed by atoms with Crippen LogP contribution in [-0.2, 0) is 12.7 Å². The highest BCUT2D eigenvalue weighted by Gasteiger charge is 2.30. The van der Waals surface area contributed by atoms with E-state index in [2.05, 4.69) is 5.32 Å². The average molecular weight is 471 g/mol. The van der Waals surface area contributed by atoms with Crippen LogP contribution in [0.15, 0.2) is 72.8 Å². The van der Waals surface area contributed by atoms with Crippen molar-refractivity contribution in [1.29, 1.82) is 0 Å². The molecular weight excluding hydrogens is 450 g/mol. The zero-order chi connectivity index (χ0) is 24.3. The van der Waals surface area contributed by atoms with Crippen LogP contribution in [0, 0.1) is 5.82 Å². The summed E-state index contributed by atoms with van der Waals surface area (Å²) in [6, 6.07) is 16.5. The Hall–Kier alpha value is -3.88. The highest BCUT2D eigenvalue weighted by atomic mass is 19.4. The van der Waals surface area contributed by atoms with Crippen molar-refractivity contribution in [3.05, 3.63) is 95.3 Å². The molecule has 1 fully saturated rings. The Kier molecular flexibility index (Phi) is 6.54. The number of anilines is 2. The van der Waals surface area contributed by atoms with E-state index in [9.17, 15) is 27.2 Å². The predicted molar refractivity (Wildman–Crippen MR) is 120 cm³/mol. The molecule has 1 aliphatic rings. The van der Waals surface area contributed by atoms with Gasteiger partial charge in [0, 0.05) is 36.6 Å². The third kappa shape index (κ3) is 5.36. The van der Waals surface area contributed by atoms with Crippen LogP contribution in [-0.4, -0.2) is 29.9 Å². The summed E-state index contributed by atoms with van der Waals surface area (Å²) < 4.78 is 51.2. The van der Waals surface area contributed by atoms with Crippen LogP contribution in [0.25, 0.3) is 0 Å². The lowest BCUT2D eigenvalue weighted by Crippen LogP contribution is -2.49. The number of carbonyl (C=O) groups excluding carboxylic acids is 2. The number of nitrogens with one attached hydrogen (secondary N) is 1. The van der Waals surface area contributed by atoms with Crippen molar-refractivity contribution in [2.45, 2.75) is 19.1 Å². The molecule has 1 aliphatic heterocycles. The highest BCUT2D eigenvalue weighted by Crippen LogP contribution is 2.29. The number of hydrogen-bond donors (Lipinski definition) is 1. The Labute approximate surface area is 193 Å². The molecule has 3 amide bonds. The quantitative estimate of drug-likeness (QED) is 0.469. The van der Waals surface area contributed by atoms with Gasteiger partial charge in [-0.25, -0.2) is 9.18 Å². The summed E-state index contributed by atoms with van der Waals surface area (Å²) in [5.74, 6) is -0.873. The maximum absolute atomic E-state index is 13.1. The maximum Gasteiger partial charge on any atom is 0.416 e. The summed E-state index contributed by atoms with van der Waals surface area (Å²) in [7, 11) is 0. The fourth-order valence-electron chi connectivity index (χ4n) is 3.72. The first-order valence-corrected chi connectivity index (χ1v) is 10.6. The van der Waals surface area contributed by atoms with Gasteiger partial charge >= 0.3 is 12.2 Å². The largest absolute Gasteiger partial charge is 0.416 e. The summed E-state index contributed by atoms with van der Waals surface area (Å²) in [6.45, 7) is 1.50. The monoisotopic (exact) mass is 471 g/mol. The van der Waals surface area contributed by atoms with E-state index in [0.717, 1.165) is 36.2 Å². The molecule has 176 valence electrons. The Morgan fingerprint density at radius 1 is 0.882 bits per heavy atom. The third-order valence-corrected chi connectivity index (χ3v) is 5.51. The minimum absolute atomic E-state index is 0.0970. The maximum atomic E-state index is 13.1. The van der Waals surface area contributed by atoms with Crippen molar-refractivity contribution in [1.82, 2.24) is 4.90 Å². The Morgan fingerprint density at radius 2 is 1.53 bits per heavy atom. The van der Waals surface area contributed by atoms with Crippen molar-refractivity contribution in [2.24, 2.45) is 0 Å². The minimum Gasteiger partial charge on any atom is -0.322 e. The van der Waals surface area contributed by atoms with Gasteiger partial charge in [0.25, 0.3) is 5.91 Å². The second-order valence-electron chi connectivity index (χ2n) is 7.91. The molecule has 9 heteroatoms. The zero-order valence-corrected chi connectivity index (χ0v) is 18.0. The number of hydrogen-bond acceptors (Lipinski definition) is 2. The van der Waals surface area contributed by atoms with Gasteiger partial charge < -0.3 is 10.2 Å². The number of rotatable bonds is 5. The van der Waals surface area contributed by atoms with Crippen LogP contribution in [0.4, 0.5) is 33.7 Å². The molecule has 0 spiro atoms. The van der Waals surface area contributed by atoms with Gasteiger partial charge in [-0.05, 0) is 72.6 Å². The van der Waals surface area contributed by atoms with Crippen molar-refractivity contribution in [3.63, 3.8) is 0 Å². The molecule has 0 atom stereocenters. The molecule has 1 N–H and O–H groups in total. The van der Waals surface area contributed by atoms with E-state index in [0.29, 0.717) is 31.0 Å². The molecule has 34 heavy (non-hydrogen) atoms. The van der Waals surface area contributed by atoms with Gasteiger partial charge in [-0.3, -0.25) is 9.69 Å². The SMILES string of the molecule is O=C(Nc1ccc(N2CCCN(Cc3ccc(F)cc3)C2=O)cc1)c1ccc(C(F)(F)F)cc1. The Balaban J connectivity index is 1.40. The smallest absolute Gasteiger partial charge is 0.322 e. The molecule has 3 aromatic rings. The molecule has 0 radical (unpaired) electrons. The normalized spacial score (nSPS) is 14.3. The van der Waals surface area contributed by atoms with Crippen LogP contribution in [0.2, 0.25) is 0 Å². The van der Waals surface area contributed by atoms with Gasteiger partial charge in [-0.1, -0.05) is 12.1 Å². The van der Waals surface area contributed by atoms with Crippen molar-refractivity contribution in [2.75, 3.05) is 23.3 Å². The van der Waals surface area contributed by atoms with Crippen LogP contribution in [0.5, 0.6) is 0 Å². The average Bonchev–Trinajstić information content (AvgIpc) is 2.82. The molecule has 3 aromatic carbocycles. The summed E-state index contributed by atoms with van der Waals surface area (Å²) in [6.07, 6.45) is -3.70. The number of carbonyl (C=O) groups is 2. The van der Waals surface area contributed by atoms with E-state index in [1.165, 1.54) is 12.1 Å². The lowest BCUT2D eigenvalue weighted by Gasteiger charge is -2.35. The number of halogens is 4. The van der Waals surface area contributed by atoms with Gasteiger partial charge in [0.05, 0.1) is 5.56 Å². The van der Waals surface area contributed by atoms with Crippen molar-refractivity contribution in [3.8, 4) is 0 Å². The van der Waals surface area contributed by atoms with Crippen molar-refractivity contribution < 1.29 is 27.2 Å². The second-order valence-corrected chi connectivity index (χ2v) is 7.91. The zero-order valence-electron chi connectivity index (χ0n) is 18.0. The van der Waals surface area contributed by atoms with E-state index in [1.54, 1.807) is 46.2 Å². The van der Waals surface area contributed by atoms with E-state index >= 15 is 0 Å². The van der Waals surface area contributed by atoms with E-state index in [4.69, 9.17) is 0 Å². The van der Waals surface area contributed by atoms with Crippen molar-refractivity contribution >= 4 is 23.3 Å². The Morgan fingerprint density at radius 3 is 2.15 bits per heavy atom. The molecule has 1 heterocycles. The fourth-order valence-corrected chi connectivity index (χ4v) is 3.72. The summed E-state index contributed by atoms with van der Waals surface area (Å²) >= 11 is 0. The standard InChI is InChI=1S/C25H21F4N3O2/c26-20-8-2-17(3-9-20)16-31-14-1-15-32(24(31)34)22-12-10-21(11-13-22)30-23(33)18-4-6-19(7-5-18)25(27,28)29/h2-13H,1,14-16H2,(H,30,33). The molecule has 4 rings (SSSR count). The lowest BCUT2D eigenvalue weighted by atomic mass is 10.1. The van der Waals surface area contributed by atoms with E-state index < -0.39 is 17.6 Å². The molecule has 0 unspecified atom stereocenters. The number of alkyl halides is 3. The molecule has 0 bridgehead atoms. The van der Waals surface area contributed by atoms with Crippen LogP contribution >= 0.6 is 0 Å². The first kappa shape index (κ1) is 23.3. The van der Waals surface area contributed by atoms with Crippen LogP contribution in [0.1, 0.15) is 27.9 Å². The van der Waals surface area contributed by atoms with Crippen LogP contribution < -0.4 is 10.2 Å². The Bertz CT molecular complexity index is 1160. The number of amides is 3. The molecule has 0 aliphatic carbocycles. The molecule has 1 saturated heterocycles. The first-order chi connectivity index (χ1) is 16.2. The van der Waals surface area contributed by atoms with Gasteiger partial charge in [-0.2, -0.15) is 13.2 Å². The topological polar surface area (TPSA) is 52.7 Å². The highest BCUT2D eigenvalue weighted by molar-refractivity contribution is 6.04. The molecule has 0 saturated carbocycles. The third-order valence-electron chi connectivity index (χ3n) is 5.51. The second kappa shape index (κ2) is 9.54.